The molecule has 1 N–H and O–H groups in total. The highest BCUT2D eigenvalue weighted by Gasteiger charge is 2.07. The van der Waals surface area contributed by atoms with E-state index >= 15 is 0 Å². The van der Waals surface area contributed by atoms with Crippen molar-refractivity contribution in [3.8, 4) is 0 Å². The monoisotopic (exact) mass is 326 g/mol. The molecule has 0 aliphatic heterocycles. The second kappa shape index (κ2) is 5.43. The van der Waals surface area contributed by atoms with Gasteiger partial charge in [-0.3, -0.25) is 9.78 Å². The summed E-state index contributed by atoms with van der Waals surface area (Å²) in [5.74, 6) is -0.136. The number of fused-ring (bicyclic) bond motifs is 1. The van der Waals surface area contributed by atoms with Gasteiger partial charge in [-0.25, -0.2) is 0 Å². The predicted octanol–water partition coefficient (Wildman–Crippen LogP) is 4.25. The lowest BCUT2D eigenvalue weighted by atomic mass is 10.1. The molecule has 0 spiro atoms. The van der Waals surface area contributed by atoms with Crippen LogP contribution in [-0.4, -0.2) is 10.9 Å². The Morgan fingerprint density at radius 3 is 2.65 bits per heavy atom. The van der Waals surface area contributed by atoms with Crippen molar-refractivity contribution >= 4 is 38.3 Å². The lowest BCUT2D eigenvalue weighted by Crippen LogP contribution is -2.11. The van der Waals surface area contributed by atoms with Gasteiger partial charge in [-0.15, -0.1) is 0 Å². The summed E-state index contributed by atoms with van der Waals surface area (Å²) in [5, 5.41) is 4.95. The summed E-state index contributed by atoms with van der Waals surface area (Å²) in [4.78, 5) is 16.1. The number of hydrogen-bond donors (Lipinski definition) is 1. The van der Waals surface area contributed by atoms with Crippen molar-refractivity contribution < 1.29 is 4.79 Å². The van der Waals surface area contributed by atoms with E-state index in [1.54, 1.807) is 18.5 Å². The van der Waals surface area contributed by atoms with Crippen LogP contribution in [0.2, 0.25) is 0 Å². The first kappa shape index (κ1) is 12.8. The van der Waals surface area contributed by atoms with Crippen molar-refractivity contribution in [2.24, 2.45) is 0 Å². The zero-order valence-electron chi connectivity index (χ0n) is 10.5. The Morgan fingerprint density at radius 1 is 1.05 bits per heavy atom. The number of carbonyl (C=O) groups is 1. The minimum atomic E-state index is -0.136. The maximum atomic E-state index is 12.2. The molecule has 0 aliphatic carbocycles. The molecule has 0 bridgehead atoms. The average molecular weight is 327 g/mol. The van der Waals surface area contributed by atoms with Gasteiger partial charge in [-0.1, -0.05) is 28.1 Å². The van der Waals surface area contributed by atoms with E-state index in [0.29, 0.717) is 11.3 Å². The molecule has 98 valence electrons. The zero-order valence-corrected chi connectivity index (χ0v) is 12.1. The molecule has 0 atom stereocenters. The molecule has 3 aromatic rings. The maximum absolute atomic E-state index is 12.2. The van der Waals surface area contributed by atoms with Crippen LogP contribution in [0, 0.1) is 0 Å². The third-order valence-corrected chi connectivity index (χ3v) is 3.48. The van der Waals surface area contributed by atoms with Crippen LogP contribution < -0.4 is 5.32 Å². The first-order valence-corrected chi connectivity index (χ1v) is 6.92. The highest BCUT2D eigenvalue weighted by molar-refractivity contribution is 9.10. The van der Waals surface area contributed by atoms with Gasteiger partial charge in [0.15, 0.2) is 0 Å². The van der Waals surface area contributed by atoms with Crippen LogP contribution in [0.15, 0.2) is 65.4 Å². The molecule has 4 heteroatoms. The van der Waals surface area contributed by atoms with E-state index in [-0.39, 0.29) is 5.91 Å². The van der Waals surface area contributed by atoms with E-state index in [9.17, 15) is 4.79 Å². The topological polar surface area (TPSA) is 42.0 Å². The van der Waals surface area contributed by atoms with E-state index in [1.165, 1.54) is 0 Å². The molecule has 0 radical (unpaired) electrons. The standard InChI is InChI=1S/C16H11BrN2O/c17-14-6-5-11-8-13(4-3-12(11)9-14)16(20)19-15-2-1-7-18-10-15/h1-10H,(H,19,20). The van der Waals surface area contributed by atoms with E-state index in [4.69, 9.17) is 0 Å². The Hall–Kier alpha value is -2.20. The summed E-state index contributed by atoms with van der Waals surface area (Å²) < 4.78 is 1.03. The van der Waals surface area contributed by atoms with E-state index in [0.717, 1.165) is 15.2 Å². The number of nitrogens with zero attached hydrogens (tertiary/aromatic N) is 1. The van der Waals surface area contributed by atoms with E-state index in [1.807, 2.05) is 42.5 Å². The fourth-order valence-corrected chi connectivity index (χ4v) is 2.38. The molecular weight excluding hydrogens is 316 g/mol. The second-order valence-corrected chi connectivity index (χ2v) is 5.32. The van der Waals surface area contributed by atoms with Gasteiger partial charge < -0.3 is 5.32 Å². The predicted molar refractivity (Wildman–Crippen MR) is 83.8 cm³/mol. The quantitative estimate of drug-likeness (QED) is 0.764. The fraction of sp³-hybridized carbons (Fsp3) is 0. The molecule has 3 rings (SSSR count). The summed E-state index contributed by atoms with van der Waals surface area (Å²) in [6.07, 6.45) is 3.29. The summed E-state index contributed by atoms with van der Waals surface area (Å²) in [6.45, 7) is 0. The van der Waals surface area contributed by atoms with Crippen LogP contribution in [0.4, 0.5) is 5.69 Å². The summed E-state index contributed by atoms with van der Waals surface area (Å²) >= 11 is 3.44. The zero-order chi connectivity index (χ0) is 13.9. The molecule has 0 aliphatic rings. The molecule has 1 amide bonds. The normalized spacial score (nSPS) is 10.4. The van der Waals surface area contributed by atoms with Gasteiger partial charge in [0, 0.05) is 16.2 Å². The number of halogens is 1. The lowest BCUT2D eigenvalue weighted by Gasteiger charge is -2.06. The maximum Gasteiger partial charge on any atom is 0.255 e. The molecule has 1 heterocycles. The Morgan fingerprint density at radius 2 is 1.85 bits per heavy atom. The highest BCUT2D eigenvalue weighted by atomic mass is 79.9. The van der Waals surface area contributed by atoms with Crippen LogP contribution in [-0.2, 0) is 0 Å². The van der Waals surface area contributed by atoms with Crippen molar-refractivity contribution in [2.45, 2.75) is 0 Å². The van der Waals surface area contributed by atoms with Gasteiger partial charge in [0.25, 0.3) is 5.91 Å². The number of anilines is 1. The molecule has 0 unspecified atom stereocenters. The number of hydrogen-bond acceptors (Lipinski definition) is 2. The minimum Gasteiger partial charge on any atom is -0.321 e. The average Bonchev–Trinajstić information content (AvgIpc) is 2.47. The van der Waals surface area contributed by atoms with Crippen molar-refractivity contribution in [1.82, 2.24) is 4.98 Å². The number of pyridine rings is 1. The first-order valence-electron chi connectivity index (χ1n) is 6.13. The SMILES string of the molecule is O=C(Nc1cccnc1)c1ccc2cc(Br)ccc2c1. The van der Waals surface area contributed by atoms with Crippen LogP contribution in [0.25, 0.3) is 10.8 Å². The Kier molecular flexibility index (Phi) is 3.48. The molecule has 3 nitrogen and oxygen atoms in total. The first-order chi connectivity index (χ1) is 9.72. The molecule has 0 saturated heterocycles. The number of aromatic nitrogens is 1. The van der Waals surface area contributed by atoms with Gasteiger partial charge in [0.1, 0.15) is 0 Å². The van der Waals surface area contributed by atoms with Crippen molar-refractivity contribution in [3.05, 3.63) is 71.0 Å². The van der Waals surface area contributed by atoms with Gasteiger partial charge in [0.2, 0.25) is 0 Å². The summed E-state index contributed by atoms with van der Waals surface area (Å²) in [6, 6.07) is 15.2. The number of carbonyl (C=O) groups excluding carboxylic acids is 1. The molecular formula is C16H11BrN2O. The molecule has 1 aromatic heterocycles. The van der Waals surface area contributed by atoms with E-state index in [2.05, 4.69) is 26.2 Å². The number of rotatable bonds is 2. The summed E-state index contributed by atoms with van der Waals surface area (Å²) in [7, 11) is 0. The van der Waals surface area contributed by atoms with Gasteiger partial charge >= 0.3 is 0 Å². The Labute approximate surface area is 124 Å². The van der Waals surface area contributed by atoms with Crippen LogP contribution in [0.3, 0.4) is 0 Å². The Bertz CT molecular complexity index is 772. The molecule has 0 fully saturated rings. The van der Waals surface area contributed by atoms with Crippen molar-refractivity contribution in [1.29, 1.82) is 0 Å². The highest BCUT2D eigenvalue weighted by Crippen LogP contribution is 2.21. The summed E-state index contributed by atoms with van der Waals surface area (Å²) in [5.41, 5.74) is 1.32. The van der Waals surface area contributed by atoms with Crippen molar-refractivity contribution in [2.75, 3.05) is 5.32 Å². The van der Waals surface area contributed by atoms with Gasteiger partial charge in [-0.2, -0.15) is 0 Å². The van der Waals surface area contributed by atoms with Crippen LogP contribution in [0.1, 0.15) is 10.4 Å². The van der Waals surface area contributed by atoms with Crippen LogP contribution in [0.5, 0.6) is 0 Å². The fourth-order valence-electron chi connectivity index (χ4n) is 2.00. The third kappa shape index (κ3) is 2.70. The molecule has 20 heavy (non-hydrogen) atoms. The number of nitrogens with one attached hydrogen (secondary N) is 1. The van der Waals surface area contributed by atoms with Crippen molar-refractivity contribution in [3.63, 3.8) is 0 Å². The third-order valence-electron chi connectivity index (χ3n) is 2.98. The number of amides is 1. The van der Waals surface area contributed by atoms with Crippen LogP contribution >= 0.6 is 15.9 Å². The molecule has 2 aromatic carbocycles. The van der Waals surface area contributed by atoms with Gasteiger partial charge in [0.05, 0.1) is 11.9 Å². The molecule has 0 saturated carbocycles. The Balaban J connectivity index is 1.90. The second-order valence-electron chi connectivity index (χ2n) is 4.40. The van der Waals surface area contributed by atoms with E-state index < -0.39 is 0 Å². The largest absolute Gasteiger partial charge is 0.321 e. The number of benzene rings is 2. The smallest absolute Gasteiger partial charge is 0.255 e. The lowest BCUT2D eigenvalue weighted by molar-refractivity contribution is 0.102. The van der Waals surface area contributed by atoms with Gasteiger partial charge in [-0.05, 0) is 47.2 Å². The minimum absolute atomic E-state index is 0.136.